The lowest BCUT2D eigenvalue weighted by molar-refractivity contribution is -0.385. The molecule has 116 valence electrons. The van der Waals surface area contributed by atoms with Crippen molar-refractivity contribution in [2.24, 2.45) is 0 Å². The molecule has 2 atom stereocenters. The summed E-state index contributed by atoms with van der Waals surface area (Å²) in [6.45, 7) is 0. The number of nitro groups is 1. The van der Waals surface area contributed by atoms with Gasteiger partial charge in [-0.2, -0.15) is 0 Å². The van der Waals surface area contributed by atoms with Gasteiger partial charge in [-0.1, -0.05) is 12.1 Å². The van der Waals surface area contributed by atoms with Gasteiger partial charge in [0.1, 0.15) is 5.56 Å². The maximum absolute atomic E-state index is 11.3. The zero-order valence-corrected chi connectivity index (χ0v) is 11.3. The fraction of sp³-hybridized carbons (Fsp3) is 0.417. The molecule has 9 heteroatoms. The summed E-state index contributed by atoms with van der Waals surface area (Å²) in [5, 5.41) is 39.7. The highest BCUT2D eigenvalue weighted by atomic mass is 16.6. The molecule has 9 nitrogen and oxygen atoms in total. The van der Waals surface area contributed by atoms with E-state index in [2.05, 4.69) is 9.47 Å². The Balaban J connectivity index is 3.54. The Labute approximate surface area is 119 Å². The van der Waals surface area contributed by atoms with E-state index in [1.807, 2.05) is 0 Å². The average Bonchev–Trinajstić information content (AvgIpc) is 2.46. The number of carboxylic acid groups (broad SMARTS) is 1. The van der Waals surface area contributed by atoms with Gasteiger partial charge >= 0.3 is 5.97 Å². The Morgan fingerprint density at radius 2 is 1.76 bits per heavy atom. The minimum atomic E-state index is -1.61. The van der Waals surface area contributed by atoms with Crippen molar-refractivity contribution < 1.29 is 34.5 Å². The van der Waals surface area contributed by atoms with Crippen LogP contribution in [0, 0.1) is 10.1 Å². The second kappa shape index (κ2) is 7.09. The van der Waals surface area contributed by atoms with E-state index in [0.717, 1.165) is 20.3 Å². The van der Waals surface area contributed by atoms with Crippen LogP contribution in [0.2, 0.25) is 0 Å². The molecule has 0 aliphatic rings. The average molecular weight is 301 g/mol. The van der Waals surface area contributed by atoms with Crippen LogP contribution in [-0.2, 0) is 9.47 Å². The van der Waals surface area contributed by atoms with Gasteiger partial charge in [0, 0.05) is 20.3 Å². The predicted molar refractivity (Wildman–Crippen MR) is 68.8 cm³/mol. The molecule has 0 aromatic heterocycles. The fourth-order valence-corrected chi connectivity index (χ4v) is 1.96. The molecule has 0 radical (unpaired) electrons. The molecule has 0 aliphatic heterocycles. The third-order valence-electron chi connectivity index (χ3n) is 2.94. The Kier molecular flexibility index (Phi) is 5.73. The summed E-state index contributed by atoms with van der Waals surface area (Å²) in [5.74, 6) is -2.89. The number of benzene rings is 1. The number of ether oxygens (including phenoxy) is 2. The first-order chi connectivity index (χ1) is 9.84. The molecule has 1 aromatic rings. The van der Waals surface area contributed by atoms with E-state index < -0.39 is 40.6 Å². The molecule has 1 rings (SSSR count). The van der Waals surface area contributed by atoms with E-state index in [9.17, 15) is 30.2 Å². The van der Waals surface area contributed by atoms with Crippen molar-refractivity contribution in [3.05, 3.63) is 39.4 Å². The zero-order valence-electron chi connectivity index (χ0n) is 11.3. The number of carbonyl (C=O) groups is 1. The van der Waals surface area contributed by atoms with Crippen LogP contribution in [0.4, 0.5) is 5.69 Å². The second-order valence-corrected chi connectivity index (χ2v) is 4.08. The van der Waals surface area contributed by atoms with E-state index in [4.69, 9.17) is 0 Å². The first kappa shape index (κ1) is 17.0. The Morgan fingerprint density at radius 1 is 1.24 bits per heavy atom. The molecule has 0 bridgehead atoms. The van der Waals surface area contributed by atoms with Crippen molar-refractivity contribution in [2.45, 2.75) is 18.5 Å². The molecule has 0 heterocycles. The molecule has 0 spiro atoms. The number of rotatable bonds is 7. The summed E-state index contributed by atoms with van der Waals surface area (Å²) < 4.78 is 9.36. The first-order valence-electron chi connectivity index (χ1n) is 5.77. The lowest BCUT2D eigenvalue weighted by Crippen LogP contribution is -2.33. The highest BCUT2D eigenvalue weighted by molar-refractivity contribution is 5.94. The van der Waals surface area contributed by atoms with Gasteiger partial charge in [0.05, 0.1) is 10.8 Å². The van der Waals surface area contributed by atoms with E-state index in [0.29, 0.717) is 0 Å². The first-order valence-corrected chi connectivity index (χ1v) is 5.77. The van der Waals surface area contributed by atoms with Gasteiger partial charge < -0.3 is 24.8 Å². The summed E-state index contributed by atoms with van der Waals surface area (Å²) in [6.07, 6.45) is -3.22. The van der Waals surface area contributed by atoms with Crippen molar-refractivity contribution >= 4 is 11.7 Å². The number of aromatic carboxylic acids is 1. The van der Waals surface area contributed by atoms with Crippen LogP contribution in [-0.4, -0.2) is 53.0 Å². The van der Waals surface area contributed by atoms with E-state index >= 15 is 0 Å². The maximum atomic E-state index is 11.3. The molecule has 2 unspecified atom stereocenters. The number of aliphatic hydroxyl groups is 2. The van der Waals surface area contributed by atoms with Gasteiger partial charge in [-0.15, -0.1) is 0 Å². The summed E-state index contributed by atoms with van der Waals surface area (Å²) in [5.41, 5.74) is -1.46. The van der Waals surface area contributed by atoms with Gasteiger partial charge in [0.15, 0.2) is 12.6 Å². The van der Waals surface area contributed by atoms with Crippen LogP contribution in [0.5, 0.6) is 0 Å². The molecule has 1 aromatic carbocycles. The number of hydrogen-bond acceptors (Lipinski definition) is 7. The number of nitro benzene ring substituents is 1. The van der Waals surface area contributed by atoms with Crippen molar-refractivity contribution in [3.63, 3.8) is 0 Å². The van der Waals surface area contributed by atoms with E-state index in [1.54, 1.807) is 0 Å². The number of hydrogen-bond donors (Lipinski definition) is 3. The number of nitrogens with zero attached hydrogens (tertiary/aromatic N) is 1. The monoisotopic (exact) mass is 301 g/mol. The number of carboxylic acids is 1. The van der Waals surface area contributed by atoms with Crippen LogP contribution in [0.15, 0.2) is 18.2 Å². The van der Waals surface area contributed by atoms with Crippen molar-refractivity contribution in [3.8, 4) is 0 Å². The van der Waals surface area contributed by atoms with Crippen molar-refractivity contribution in [1.29, 1.82) is 0 Å². The SMILES string of the molecule is COC(O)C(c1cccc([N+](=O)[O-])c1C(=O)O)C(O)OC. The summed E-state index contributed by atoms with van der Waals surface area (Å²) in [6, 6.07) is 3.51. The third-order valence-corrected chi connectivity index (χ3v) is 2.94. The smallest absolute Gasteiger partial charge is 0.343 e. The van der Waals surface area contributed by atoms with Gasteiger partial charge in [0.25, 0.3) is 5.69 Å². The summed E-state index contributed by atoms with van der Waals surface area (Å²) in [7, 11) is 2.27. The minimum Gasteiger partial charge on any atom is -0.477 e. The standard InChI is InChI=1S/C12H15NO8/c1-20-11(16)9(12(17)21-2)6-4-3-5-7(13(18)19)8(6)10(14)15/h3-5,9,11-12,16-17H,1-2H3,(H,14,15). The van der Waals surface area contributed by atoms with Gasteiger partial charge in [-0.25, -0.2) is 4.79 Å². The van der Waals surface area contributed by atoms with Gasteiger partial charge in [-0.3, -0.25) is 10.1 Å². The normalized spacial score (nSPS) is 15.2. The minimum absolute atomic E-state index is 0.166. The van der Waals surface area contributed by atoms with Crippen LogP contribution in [0.1, 0.15) is 21.8 Å². The topological polar surface area (TPSA) is 139 Å². The Morgan fingerprint density at radius 3 is 2.14 bits per heavy atom. The molecule has 0 aliphatic carbocycles. The van der Waals surface area contributed by atoms with E-state index in [1.165, 1.54) is 12.1 Å². The molecule has 0 saturated heterocycles. The van der Waals surface area contributed by atoms with Crippen LogP contribution in [0.3, 0.4) is 0 Å². The van der Waals surface area contributed by atoms with Gasteiger partial charge in [-0.05, 0) is 5.56 Å². The largest absolute Gasteiger partial charge is 0.477 e. The van der Waals surface area contributed by atoms with Crippen molar-refractivity contribution in [1.82, 2.24) is 0 Å². The van der Waals surface area contributed by atoms with Crippen LogP contribution < -0.4 is 0 Å². The molecular weight excluding hydrogens is 286 g/mol. The molecular formula is C12H15NO8. The number of aliphatic hydroxyl groups excluding tert-OH is 2. The summed E-state index contributed by atoms with van der Waals surface area (Å²) in [4.78, 5) is 21.4. The summed E-state index contributed by atoms with van der Waals surface area (Å²) >= 11 is 0. The quantitative estimate of drug-likeness (QED) is 0.371. The van der Waals surface area contributed by atoms with Crippen molar-refractivity contribution in [2.75, 3.05) is 14.2 Å². The molecule has 0 saturated carbocycles. The molecule has 0 fully saturated rings. The van der Waals surface area contributed by atoms with Crippen LogP contribution in [0.25, 0.3) is 0 Å². The third kappa shape index (κ3) is 3.52. The second-order valence-electron chi connectivity index (χ2n) is 4.08. The maximum Gasteiger partial charge on any atom is 0.343 e. The Bertz CT molecular complexity index is 522. The predicted octanol–water partition coefficient (Wildman–Crippen LogP) is 0.306. The Hall–Kier alpha value is -2.07. The lowest BCUT2D eigenvalue weighted by atomic mass is 9.91. The molecule has 21 heavy (non-hydrogen) atoms. The molecule has 3 N–H and O–H groups in total. The number of methoxy groups -OCH3 is 2. The van der Waals surface area contributed by atoms with Gasteiger partial charge in [0.2, 0.25) is 0 Å². The van der Waals surface area contributed by atoms with E-state index in [-0.39, 0.29) is 5.56 Å². The zero-order chi connectivity index (χ0) is 16.2. The lowest BCUT2D eigenvalue weighted by Gasteiger charge is -2.26. The fourth-order valence-electron chi connectivity index (χ4n) is 1.96. The van der Waals surface area contributed by atoms with Crippen LogP contribution >= 0.6 is 0 Å². The molecule has 0 amide bonds. The highest BCUT2D eigenvalue weighted by Gasteiger charge is 2.35. The highest BCUT2D eigenvalue weighted by Crippen LogP contribution is 2.32.